The van der Waals surface area contributed by atoms with Crippen LogP contribution in [0.2, 0.25) is 0 Å². The summed E-state index contributed by atoms with van der Waals surface area (Å²) >= 11 is 0. The van der Waals surface area contributed by atoms with Crippen LogP contribution in [0.1, 0.15) is 30.9 Å². The molecule has 2 atom stereocenters. The second kappa shape index (κ2) is 4.34. The van der Waals surface area contributed by atoms with E-state index in [1.165, 1.54) is 11.1 Å². The Hall–Kier alpha value is -1.35. The summed E-state index contributed by atoms with van der Waals surface area (Å²) in [6.07, 6.45) is 2.66. The van der Waals surface area contributed by atoms with Gasteiger partial charge in [-0.05, 0) is 56.1 Å². The second-order valence-corrected chi connectivity index (χ2v) is 5.77. The Kier molecular flexibility index (Phi) is 2.90. The van der Waals surface area contributed by atoms with E-state index in [0.717, 1.165) is 31.6 Å². The zero-order valence-electron chi connectivity index (χ0n) is 11.9. The van der Waals surface area contributed by atoms with Gasteiger partial charge in [0.25, 0.3) is 0 Å². The topological polar surface area (TPSA) is 29.5 Å². The number of ether oxygens (including phenoxy) is 1. The number of piperidine rings is 1. The number of methoxy groups -OCH3 is 1. The van der Waals surface area contributed by atoms with E-state index in [4.69, 9.17) is 4.74 Å². The van der Waals surface area contributed by atoms with Crippen LogP contribution >= 0.6 is 0 Å². The van der Waals surface area contributed by atoms with Gasteiger partial charge in [-0.25, -0.2) is 0 Å². The van der Waals surface area contributed by atoms with Crippen LogP contribution in [0, 0.1) is 0 Å². The van der Waals surface area contributed by atoms with Gasteiger partial charge in [-0.2, -0.15) is 0 Å². The van der Waals surface area contributed by atoms with Crippen molar-refractivity contribution in [2.75, 3.05) is 20.7 Å². The van der Waals surface area contributed by atoms with Crippen LogP contribution in [-0.2, 0) is 16.6 Å². The summed E-state index contributed by atoms with van der Waals surface area (Å²) in [5, 5.41) is 0. The van der Waals surface area contributed by atoms with Crippen LogP contribution in [0.5, 0.6) is 5.75 Å². The molecule has 3 rings (SSSR count). The molecule has 19 heavy (non-hydrogen) atoms. The highest BCUT2D eigenvalue weighted by atomic mass is 16.5. The summed E-state index contributed by atoms with van der Waals surface area (Å²) < 4.78 is 5.34. The first-order valence-electron chi connectivity index (χ1n) is 7.04. The van der Waals surface area contributed by atoms with Crippen molar-refractivity contribution in [1.82, 2.24) is 4.90 Å². The van der Waals surface area contributed by atoms with E-state index in [1.54, 1.807) is 7.11 Å². The first-order chi connectivity index (χ1) is 9.12. The molecule has 0 amide bonds. The quantitative estimate of drug-likeness (QED) is 0.815. The maximum absolute atomic E-state index is 12.9. The molecule has 2 unspecified atom stereocenters. The summed E-state index contributed by atoms with van der Waals surface area (Å²) in [6.45, 7) is 3.13. The molecular weight excluding hydrogens is 238 g/mol. The molecule has 2 aliphatic rings. The van der Waals surface area contributed by atoms with E-state index in [2.05, 4.69) is 31.0 Å². The first kappa shape index (κ1) is 12.7. The highest BCUT2D eigenvalue weighted by Gasteiger charge is 2.50. The van der Waals surface area contributed by atoms with Crippen molar-refractivity contribution in [2.24, 2.45) is 0 Å². The van der Waals surface area contributed by atoms with Crippen molar-refractivity contribution in [3.05, 3.63) is 29.3 Å². The number of rotatable bonds is 2. The van der Waals surface area contributed by atoms with Crippen molar-refractivity contribution in [3.8, 4) is 5.75 Å². The summed E-state index contributed by atoms with van der Waals surface area (Å²) in [6, 6.07) is 6.29. The van der Waals surface area contributed by atoms with Gasteiger partial charge in [-0.3, -0.25) is 9.69 Å². The predicted octanol–water partition coefficient (Wildman–Crippen LogP) is 2.17. The Morgan fingerprint density at radius 3 is 2.95 bits per heavy atom. The number of hydrogen-bond acceptors (Lipinski definition) is 3. The Labute approximate surface area is 114 Å². The fourth-order valence-electron chi connectivity index (χ4n) is 3.74. The van der Waals surface area contributed by atoms with Crippen LogP contribution in [0.15, 0.2) is 18.2 Å². The number of carbonyl (C=O) groups is 1. The lowest BCUT2D eigenvalue weighted by Gasteiger charge is -2.48. The molecule has 3 heteroatoms. The van der Waals surface area contributed by atoms with Crippen molar-refractivity contribution >= 4 is 5.78 Å². The van der Waals surface area contributed by atoms with Crippen LogP contribution in [0.25, 0.3) is 0 Å². The number of Topliss-reactive ketones (excluding diaryl/α,β-unsaturated/α-hetero) is 1. The van der Waals surface area contributed by atoms with Gasteiger partial charge in [0.1, 0.15) is 5.75 Å². The molecule has 0 saturated carbocycles. The van der Waals surface area contributed by atoms with Crippen molar-refractivity contribution < 1.29 is 9.53 Å². The van der Waals surface area contributed by atoms with Gasteiger partial charge in [0, 0.05) is 0 Å². The van der Waals surface area contributed by atoms with Gasteiger partial charge in [0.05, 0.1) is 18.6 Å². The van der Waals surface area contributed by atoms with E-state index >= 15 is 0 Å². The molecule has 1 aliphatic carbocycles. The molecule has 1 heterocycles. The van der Waals surface area contributed by atoms with Gasteiger partial charge in [0.2, 0.25) is 0 Å². The summed E-state index contributed by atoms with van der Waals surface area (Å²) in [4.78, 5) is 15.1. The van der Waals surface area contributed by atoms with E-state index in [0.29, 0.717) is 5.78 Å². The van der Waals surface area contributed by atoms with Gasteiger partial charge in [-0.15, -0.1) is 0 Å². The van der Waals surface area contributed by atoms with Crippen molar-refractivity contribution in [2.45, 2.75) is 37.6 Å². The lowest BCUT2D eigenvalue weighted by atomic mass is 9.61. The van der Waals surface area contributed by atoms with Gasteiger partial charge >= 0.3 is 0 Å². The minimum atomic E-state index is -0.278. The molecule has 3 nitrogen and oxygen atoms in total. The number of ketones is 1. The molecule has 1 saturated heterocycles. The summed E-state index contributed by atoms with van der Waals surface area (Å²) in [5.74, 6) is 1.27. The molecule has 1 fully saturated rings. The number of fused-ring (bicyclic) bond motifs is 4. The molecule has 0 spiro atoms. The van der Waals surface area contributed by atoms with E-state index in [1.807, 2.05) is 6.07 Å². The molecular formula is C16H21NO2. The fourth-order valence-corrected chi connectivity index (χ4v) is 3.74. The maximum atomic E-state index is 12.9. The molecule has 0 aromatic heterocycles. The van der Waals surface area contributed by atoms with Gasteiger partial charge in [-0.1, -0.05) is 13.0 Å². The lowest BCUT2D eigenvalue weighted by Crippen LogP contribution is -2.59. The summed E-state index contributed by atoms with van der Waals surface area (Å²) in [7, 11) is 3.75. The van der Waals surface area contributed by atoms with Gasteiger partial charge < -0.3 is 4.74 Å². The Morgan fingerprint density at radius 1 is 1.47 bits per heavy atom. The predicted molar refractivity (Wildman–Crippen MR) is 74.7 cm³/mol. The second-order valence-electron chi connectivity index (χ2n) is 5.77. The maximum Gasteiger partial charge on any atom is 0.160 e. The Balaban J connectivity index is 2.18. The number of benzene rings is 1. The SMILES string of the molecule is CCC12CCN(C)C(Cc3ccc(OC)cc31)C2=O. The highest BCUT2D eigenvalue weighted by Crippen LogP contribution is 2.45. The number of hydrogen-bond donors (Lipinski definition) is 0. The van der Waals surface area contributed by atoms with Gasteiger partial charge in [0.15, 0.2) is 5.78 Å². The van der Waals surface area contributed by atoms with E-state index in [-0.39, 0.29) is 11.5 Å². The Morgan fingerprint density at radius 2 is 2.26 bits per heavy atom. The smallest absolute Gasteiger partial charge is 0.160 e. The standard InChI is InChI=1S/C16H21NO2/c1-4-16-7-8-17(2)14(15(16)18)9-11-5-6-12(19-3)10-13(11)16/h5-6,10,14H,4,7-9H2,1-3H3. The molecule has 102 valence electrons. The number of carbonyl (C=O) groups excluding carboxylic acids is 1. The molecule has 1 aromatic rings. The third-order valence-electron chi connectivity index (χ3n) is 5.05. The lowest BCUT2D eigenvalue weighted by molar-refractivity contribution is -0.134. The zero-order chi connectivity index (χ0) is 13.6. The Bertz CT molecular complexity index is 525. The molecule has 1 aliphatic heterocycles. The van der Waals surface area contributed by atoms with Crippen LogP contribution in [0.4, 0.5) is 0 Å². The third-order valence-corrected chi connectivity index (χ3v) is 5.05. The van der Waals surface area contributed by atoms with Crippen molar-refractivity contribution in [1.29, 1.82) is 0 Å². The van der Waals surface area contributed by atoms with Crippen LogP contribution in [0.3, 0.4) is 0 Å². The van der Waals surface area contributed by atoms with Crippen LogP contribution in [-0.4, -0.2) is 37.4 Å². The normalized spacial score (nSPS) is 30.1. The van der Waals surface area contributed by atoms with Crippen LogP contribution < -0.4 is 4.74 Å². The first-order valence-corrected chi connectivity index (χ1v) is 7.04. The number of likely N-dealkylation sites (tertiary alicyclic amines) is 1. The number of likely N-dealkylation sites (N-methyl/N-ethyl adjacent to an activating group) is 1. The highest BCUT2D eigenvalue weighted by molar-refractivity contribution is 5.97. The minimum Gasteiger partial charge on any atom is -0.497 e. The van der Waals surface area contributed by atoms with E-state index < -0.39 is 0 Å². The fraction of sp³-hybridized carbons (Fsp3) is 0.562. The molecule has 1 aromatic carbocycles. The third kappa shape index (κ3) is 1.64. The minimum absolute atomic E-state index is 0.0644. The largest absolute Gasteiger partial charge is 0.497 e. The number of nitrogens with zero attached hydrogens (tertiary/aromatic N) is 1. The van der Waals surface area contributed by atoms with E-state index in [9.17, 15) is 4.79 Å². The molecule has 2 bridgehead atoms. The molecule has 0 N–H and O–H groups in total. The molecule has 0 radical (unpaired) electrons. The average Bonchev–Trinajstić information content (AvgIpc) is 2.43. The monoisotopic (exact) mass is 259 g/mol. The average molecular weight is 259 g/mol. The summed E-state index contributed by atoms with van der Waals surface area (Å²) in [5.41, 5.74) is 2.25. The van der Waals surface area contributed by atoms with Crippen molar-refractivity contribution in [3.63, 3.8) is 0 Å². The zero-order valence-corrected chi connectivity index (χ0v) is 11.9.